The van der Waals surface area contributed by atoms with E-state index in [0.717, 1.165) is 54.7 Å². The Morgan fingerprint density at radius 1 is 1.05 bits per heavy atom. The number of aromatic nitrogens is 7. The number of rotatable bonds is 10. The van der Waals surface area contributed by atoms with Crippen molar-refractivity contribution in [2.45, 2.75) is 57.9 Å². The highest BCUT2D eigenvalue weighted by Gasteiger charge is 2.31. The van der Waals surface area contributed by atoms with E-state index in [9.17, 15) is 4.79 Å². The van der Waals surface area contributed by atoms with Crippen LogP contribution in [-0.4, -0.2) is 34.3 Å². The normalized spacial score (nSPS) is 14.2. The highest BCUT2D eigenvalue weighted by Crippen LogP contribution is 2.33. The van der Waals surface area contributed by atoms with Crippen LogP contribution in [0.3, 0.4) is 0 Å². The average Bonchev–Trinajstić information content (AvgIpc) is 3.65. The molecule has 192 valence electrons. The molecule has 4 heterocycles. The van der Waals surface area contributed by atoms with E-state index in [1.807, 2.05) is 53.1 Å². The minimum Gasteiger partial charge on any atom is -0.368 e. The third-order valence-electron chi connectivity index (χ3n) is 7.11. The Kier molecular flexibility index (Phi) is 6.94. The van der Waals surface area contributed by atoms with E-state index in [1.54, 1.807) is 0 Å². The zero-order valence-corrected chi connectivity index (χ0v) is 21.7. The second kappa shape index (κ2) is 10.5. The molecule has 1 aliphatic heterocycles. The Hall–Kier alpha value is -4.14. The van der Waals surface area contributed by atoms with Gasteiger partial charge in [-0.25, -0.2) is 9.89 Å². The summed E-state index contributed by atoms with van der Waals surface area (Å²) in [6.45, 7) is 4.83. The number of dihydropyridines is 1. The molecule has 9 nitrogen and oxygen atoms in total. The first-order valence-corrected chi connectivity index (χ1v) is 13.0. The molecule has 4 aromatic rings. The van der Waals surface area contributed by atoms with Crippen LogP contribution in [0.2, 0.25) is 0 Å². The summed E-state index contributed by atoms with van der Waals surface area (Å²) in [5, 5.41) is 17.5. The number of benzene rings is 1. The van der Waals surface area contributed by atoms with Crippen molar-refractivity contribution in [2.75, 3.05) is 0 Å². The van der Waals surface area contributed by atoms with Gasteiger partial charge in [-0.05, 0) is 65.3 Å². The standard InChI is InChI=1S/C28H34N8O/c1-4-6-11-24-19-35(26-21(8-5-2)12-17-34(26)3)27(37)36(24)20-28(13-15-29-16-14-28)23-10-7-9-22(18-23)25-30-32-33-31-25/h7,9-10,12-19,29H,4-6,8,11,20H2,1-3H3,(H,30,31,32,33). The summed E-state index contributed by atoms with van der Waals surface area (Å²) in [6, 6.07) is 10.3. The van der Waals surface area contributed by atoms with Crippen molar-refractivity contribution in [3.8, 4) is 17.2 Å². The number of allylic oxidation sites excluding steroid dienone is 2. The molecular weight excluding hydrogens is 464 g/mol. The maximum atomic E-state index is 14.1. The maximum Gasteiger partial charge on any atom is 0.334 e. The van der Waals surface area contributed by atoms with Crippen LogP contribution < -0.4 is 11.0 Å². The zero-order valence-electron chi connectivity index (χ0n) is 21.7. The molecule has 1 aliphatic rings. The van der Waals surface area contributed by atoms with E-state index < -0.39 is 5.41 Å². The van der Waals surface area contributed by atoms with Crippen molar-refractivity contribution in [1.82, 2.24) is 39.6 Å². The molecule has 0 saturated carbocycles. The molecule has 0 unspecified atom stereocenters. The summed E-state index contributed by atoms with van der Waals surface area (Å²) < 4.78 is 5.85. The number of aryl methyl sites for hydroxylation is 3. The Morgan fingerprint density at radius 3 is 2.62 bits per heavy atom. The summed E-state index contributed by atoms with van der Waals surface area (Å²) in [5.41, 5.74) is 3.65. The number of hydrogen-bond acceptors (Lipinski definition) is 5. The molecule has 0 amide bonds. The monoisotopic (exact) mass is 498 g/mol. The van der Waals surface area contributed by atoms with Gasteiger partial charge in [0.1, 0.15) is 5.82 Å². The van der Waals surface area contributed by atoms with Gasteiger partial charge in [-0.1, -0.05) is 57.0 Å². The number of nitrogens with one attached hydrogen (secondary N) is 2. The molecule has 0 spiro atoms. The lowest BCUT2D eigenvalue weighted by Crippen LogP contribution is -2.36. The van der Waals surface area contributed by atoms with Gasteiger partial charge in [0, 0.05) is 37.2 Å². The second-order valence-electron chi connectivity index (χ2n) is 9.69. The third-order valence-corrected chi connectivity index (χ3v) is 7.11. The van der Waals surface area contributed by atoms with Gasteiger partial charge in [-0.2, -0.15) is 0 Å². The van der Waals surface area contributed by atoms with Gasteiger partial charge < -0.3 is 9.88 Å². The summed E-state index contributed by atoms with van der Waals surface area (Å²) in [4.78, 5) is 14.1. The Morgan fingerprint density at radius 2 is 1.89 bits per heavy atom. The lowest BCUT2D eigenvalue weighted by Gasteiger charge is -2.31. The highest BCUT2D eigenvalue weighted by atomic mass is 16.1. The molecule has 37 heavy (non-hydrogen) atoms. The fraction of sp³-hybridized carbons (Fsp3) is 0.357. The molecule has 0 fully saturated rings. The van der Waals surface area contributed by atoms with E-state index in [1.165, 1.54) is 5.56 Å². The third kappa shape index (κ3) is 4.69. The summed E-state index contributed by atoms with van der Waals surface area (Å²) in [7, 11) is 2.01. The topological polar surface area (TPSA) is 98.3 Å². The summed E-state index contributed by atoms with van der Waals surface area (Å²) >= 11 is 0. The van der Waals surface area contributed by atoms with Crippen LogP contribution in [0.1, 0.15) is 49.9 Å². The second-order valence-corrected chi connectivity index (χ2v) is 9.69. The van der Waals surface area contributed by atoms with E-state index >= 15 is 0 Å². The highest BCUT2D eigenvalue weighted by molar-refractivity contribution is 5.57. The maximum absolute atomic E-state index is 14.1. The first kappa shape index (κ1) is 24.5. The number of imidazole rings is 1. The molecule has 0 bridgehead atoms. The van der Waals surface area contributed by atoms with Crippen LogP contribution in [-0.2, 0) is 31.8 Å². The zero-order chi connectivity index (χ0) is 25.8. The Bertz CT molecular complexity index is 1460. The molecule has 2 N–H and O–H groups in total. The molecule has 5 rings (SSSR count). The van der Waals surface area contributed by atoms with Crippen molar-refractivity contribution in [3.05, 3.63) is 94.6 Å². The molecule has 3 aromatic heterocycles. The average molecular weight is 499 g/mol. The molecule has 0 aliphatic carbocycles. The molecule has 9 heteroatoms. The fourth-order valence-corrected chi connectivity index (χ4v) is 5.16. The van der Waals surface area contributed by atoms with Crippen molar-refractivity contribution >= 4 is 0 Å². The SMILES string of the molecule is CCCCc1cn(-c2c(CCC)ccn2C)c(=O)n1CC1(c2cccc(-c3nnn[nH]3)c2)C=CNC=C1. The van der Waals surface area contributed by atoms with Crippen LogP contribution in [0.15, 0.2) is 72.1 Å². The van der Waals surface area contributed by atoms with E-state index in [4.69, 9.17) is 0 Å². The van der Waals surface area contributed by atoms with Crippen molar-refractivity contribution < 1.29 is 0 Å². The van der Waals surface area contributed by atoms with Gasteiger partial charge in [-0.15, -0.1) is 5.10 Å². The van der Waals surface area contributed by atoms with Crippen LogP contribution >= 0.6 is 0 Å². The first-order valence-electron chi connectivity index (χ1n) is 13.0. The van der Waals surface area contributed by atoms with Gasteiger partial charge in [0.15, 0.2) is 5.82 Å². The number of H-pyrrole nitrogens is 1. The minimum absolute atomic E-state index is 0.0134. The van der Waals surface area contributed by atoms with Crippen molar-refractivity contribution in [1.29, 1.82) is 0 Å². The predicted molar refractivity (Wildman–Crippen MR) is 144 cm³/mol. The number of aromatic amines is 1. The summed E-state index contributed by atoms with van der Waals surface area (Å²) in [5.74, 6) is 1.56. The minimum atomic E-state index is -0.522. The van der Waals surface area contributed by atoms with Crippen molar-refractivity contribution in [3.63, 3.8) is 0 Å². The van der Waals surface area contributed by atoms with E-state index in [2.05, 4.69) is 74.7 Å². The van der Waals surface area contributed by atoms with E-state index in [0.29, 0.717) is 12.4 Å². The van der Waals surface area contributed by atoms with Gasteiger partial charge in [0.2, 0.25) is 0 Å². The van der Waals surface area contributed by atoms with Crippen LogP contribution in [0.25, 0.3) is 17.2 Å². The predicted octanol–water partition coefficient (Wildman–Crippen LogP) is 4.02. The smallest absolute Gasteiger partial charge is 0.334 e. The van der Waals surface area contributed by atoms with Crippen LogP contribution in [0.4, 0.5) is 0 Å². The largest absolute Gasteiger partial charge is 0.368 e. The Balaban J connectivity index is 1.62. The van der Waals surface area contributed by atoms with Crippen molar-refractivity contribution in [2.24, 2.45) is 7.05 Å². The molecule has 0 atom stereocenters. The van der Waals surface area contributed by atoms with Gasteiger partial charge in [0.25, 0.3) is 0 Å². The molecular formula is C28H34N8O. The number of tetrazole rings is 1. The quantitative estimate of drug-likeness (QED) is 0.344. The number of hydrogen-bond donors (Lipinski definition) is 2. The lowest BCUT2D eigenvalue weighted by molar-refractivity contribution is 0.496. The van der Waals surface area contributed by atoms with Crippen LogP contribution in [0.5, 0.6) is 0 Å². The molecule has 1 aromatic carbocycles. The Labute approximate surface area is 216 Å². The van der Waals surface area contributed by atoms with Crippen LogP contribution in [0, 0.1) is 0 Å². The van der Waals surface area contributed by atoms with Gasteiger partial charge in [-0.3, -0.25) is 9.13 Å². The van der Waals surface area contributed by atoms with Gasteiger partial charge in [0.05, 0.1) is 5.41 Å². The van der Waals surface area contributed by atoms with Gasteiger partial charge >= 0.3 is 5.69 Å². The molecule has 0 radical (unpaired) electrons. The first-order chi connectivity index (χ1) is 18.1. The summed E-state index contributed by atoms with van der Waals surface area (Å²) in [6.07, 6.45) is 17.1. The van der Waals surface area contributed by atoms with E-state index in [-0.39, 0.29) is 5.69 Å². The molecule has 0 saturated heterocycles. The lowest BCUT2D eigenvalue weighted by atomic mass is 9.78. The fourth-order valence-electron chi connectivity index (χ4n) is 5.16. The number of unbranched alkanes of at least 4 members (excludes halogenated alkanes) is 1. The number of nitrogens with zero attached hydrogens (tertiary/aromatic N) is 6.